The molecule has 4 fully saturated rings. The highest BCUT2D eigenvalue weighted by Crippen LogP contribution is 2.60. The molecule has 0 aliphatic heterocycles. The number of ether oxygens (including phenoxy) is 2. The first-order chi connectivity index (χ1) is 14.4. The van der Waals surface area contributed by atoms with Gasteiger partial charge in [0.1, 0.15) is 11.5 Å². The standard InChI is InChI=1S/C23H31ClN2O4/c1-29-19-10-18(20(30-2)9-17(19)24)26-21(27)4-3-5-25-22(28)23-11-14-6-15(12-23)8-16(7-14)13-23/h9-10,14-16H,3-8,11-13H2,1-2H3,(H,25,28)(H,26,27). The van der Waals surface area contributed by atoms with Gasteiger partial charge in [-0.25, -0.2) is 0 Å². The lowest BCUT2D eigenvalue weighted by atomic mass is 9.49. The summed E-state index contributed by atoms with van der Waals surface area (Å²) in [5, 5.41) is 6.39. The Morgan fingerprint density at radius 1 is 1.03 bits per heavy atom. The predicted molar refractivity (Wildman–Crippen MR) is 116 cm³/mol. The SMILES string of the molecule is COc1cc(NC(=O)CCCNC(=O)C23CC4CC(CC(C4)C2)C3)c(OC)cc1Cl. The molecule has 1 aromatic carbocycles. The lowest BCUT2D eigenvalue weighted by Gasteiger charge is -2.55. The Kier molecular flexibility index (Phi) is 6.14. The molecule has 0 saturated heterocycles. The van der Waals surface area contributed by atoms with Crippen molar-refractivity contribution in [3.63, 3.8) is 0 Å². The van der Waals surface area contributed by atoms with Crippen LogP contribution in [0.2, 0.25) is 5.02 Å². The van der Waals surface area contributed by atoms with Crippen molar-refractivity contribution in [2.75, 3.05) is 26.1 Å². The number of amides is 2. The van der Waals surface area contributed by atoms with Gasteiger partial charge in [0.25, 0.3) is 0 Å². The second kappa shape index (κ2) is 8.66. The number of anilines is 1. The summed E-state index contributed by atoms with van der Waals surface area (Å²) in [6.45, 7) is 0.523. The second-order valence-corrected chi connectivity index (χ2v) is 9.70. The number of benzene rings is 1. The van der Waals surface area contributed by atoms with Gasteiger partial charge in [0, 0.05) is 30.5 Å². The van der Waals surface area contributed by atoms with Crippen molar-refractivity contribution in [2.24, 2.45) is 23.2 Å². The van der Waals surface area contributed by atoms with Crippen LogP contribution >= 0.6 is 11.6 Å². The Morgan fingerprint density at radius 2 is 1.63 bits per heavy atom. The molecule has 2 amide bonds. The highest BCUT2D eigenvalue weighted by Gasteiger charge is 2.54. The predicted octanol–water partition coefficient (Wildman–Crippen LogP) is 4.41. The Bertz CT molecular complexity index is 790. The molecule has 4 aliphatic rings. The van der Waals surface area contributed by atoms with Gasteiger partial charge in [-0.15, -0.1) is 0 Å². The first-order valence-corrected chi connectivity index (χ1v) is 11.3. The van der Waals surface area contributed by atoms with Gasteiger partial charge in [0.15, 0.2) is 0 Å². The van der Waals surface area contributed by atoms with E-state index in [1.807, 2.05) is 0 Å². The van der Waals surface area contributed by atoms with Crippen molar-refractivity contribution in [1.29, 1.82) is 0 Å². The maximum absolute atomic E-state index is 13.0. The van der Waals surface area contributed by atoms with Crippen LogP contribution in [0.15, 0.2) is 12.1 Å². The molecular formula is C23H31ClN2O4. The van der Waals surface area contributed by atoms with Crippen molar-refractivity contribution in [3.8, 4) is 11.5 Å². The average molecular weight is 435 g/mol. The fraction of sp³-hybridized carbons (Fsp3) is 0.652. The molecule has 4 saturated carbocycles. The first kappa shape index (κ1) is 21.3. The summed E-state index contributed by atoms with van der Waals surface area (Å²) in [4.78, 5) is 25.3. The van der Waals surface area contributed by atoms with Gasteiger partial charge in [-0.05, 0) is 62.7 Å². The molecule has 164 valence electrons. The van der Waals surface area contributed by atoms with Crippen LogP contribution < -0.4 is 20.1 Å². The normalized spacial score (nSPS) is 28.8. The fourth-order valence-electron chi connectivity index (χ4n) is 6.20. The smallest absolute Gasteiger partial charge is 0.226 e. The molecule has 0 atom stereocenters. The molecule has 30 heavy (non-hydrogen) atoms. The number of hydrogen-bond donors (Lipinski definition) is 2. The van der Waals surface area contributed by atoms with Gasteiger partial charge in [-0.1, -0.05) is 11.6 Å². The number of carbonyl (C=O) groups excluding carboxylic acids is 2. The molecule has 4 bridgehead atoms. The van der Waals surface area contributed by atoms with Crippen LogP contribution in [-0.4, -0.2) is 32.6 Å². The van der Waals surface area contributed by atoms with E-state index in [9.17, 15) is 9.59 Å². The van der Waals surface area contributed by atoms with E-state index in [4.69, 9.17) is 21.1 Å². The number of rotatable bonds is 8. The van der Waals surface area contributed by atoms with E-state index in [0.29, 0.717) is 41.6 Å². The molecular weight excluding hydrogens is 404 g/mol. The zero-order valence-electron chi connectivity index (χ0n) is 17.8. The topological polar surface area (TPSA) is 76.7 Å². The fourth-order valence-corrected chi connectivity index (χ4v) is 6.43. The summed E-state index contributed by atoms with van der Waals surface area (Å²) in [6, 6.07) is 3.26. The quantitative estimate of drug-likeness (QED) is 0.594. The maximum Gasteiger partial charge on any atom is 0.226 e. The molecule has 4 aliphatic carbocycles. The van der Waals surface area contributed by atoms with Gasteiger partial charge in [0.2, 0.25) is 11.8 Å². The molecule has 0 radical (unpaired) electrons. The number of nitrogens with one attached hydrogen (secondary N) is 2. The highest BCUT2D eigenvalue weighted by molar-refractivity contribution is 6.32. The van der Waals surface area contributed by atoms with E-state index < -0.39 is 0 Å². The monoisotopic (exact) mass is 434 g/mol. The molecule has 0 spiro atoms. The molecule has 0 heterocycles. The van der Waals surface area contributed by atoms with Crippen LogP contribution in [0.5, 0.6) is 11.5 Å². The summed E-state index contributed by atoms with van der Waals surface area (Å²) < 4.78 is 10.5. The Balaban J connectivity index is 1.25. The summed E-state index contributed by atoms with van der Waals surface area (Å²) in [5.74, 6) is 3.27. The van der Waals surface area contributed by atoms with Gasteiger partial charge in [-0.3, -0.25) is 9.59 Å². The van der Waals surface area contributed by atoms with Crippen molar-refractivity contribution in [2.45, 2.75) is 51.4 Å². The van der Waals surface area contributed by atoms with Crippen LogP contribution in [-0.2, 0) is 9.59 Å². The Labute approximate surface area is 183 Å². The van der Waals surface area contributed by atoms with E-state index in [1.54, 1.807) is 12.1 Å². The van der Waals surface area contributed by atoms with Crippen molar-refractivity contribution < 1.29 is 19.1 Å². The number of hydrogen-bond acceptors (Lipinski definition) is 4. The van der Waals surface area contributed by atoms with Crippen molar-refractivity contribution >= 4 is 29.1 Å². The molecule has 5 rings (SSSR count). The summed E-state index contributed by atoms with van der Waals surface area (Å²) in [7, 11) is 3.04. The van der Waals surface area contributed by atoms with E-state index in [-0.39, 0.29) is 17.2 Å². The van der Waals surface area contributed by atoms with Crippen LogP contribution in [0.3, 0.4) is 0 Å². The lowest BCUT2D eigenvalue weighted by molar-refractivity contribution is -0.146. The van der Waals surface area contributed by atoms with Gasteiger partial charge < -0.3 is 20.1 Å². The third kappa shape index (κ3) is 4.25. The van der Waals surface area contributed by atoms with Crippen molar-refractivity contribution in [1.82, 2.24) is 5.32 Å². The lowest BCUT2D eigenvalue weighted by Crippen LogP contribution is -2.53. The minimum atomic E-state index is -0.137. The zero-order valence-corrected chi connectivity index (χ0v) is 18.5. The Hall–Kier alpha value is -1.95. The summed E-state index contributed by atoms with van der Waals surface area (Å²) in [5.41, 5.74) is 0.380. The molecule has 0 aromatic heterocycles. The number of methoxy groups -OCH3 is 2. The van der Waals surface area contributed by atoms with Crippen LogP contribution in [0.25, 0.3) is 0 Å². The number of carbonyl (C=O) groups is 2. The van der Waals surface area contributed by atoms with Gasteiger partial charge in [-0.2, -0.15) is 0 Å². The van der Waals surface area contributed by atoms with Crippen molar-refractivity contribution in [3.05, 3.63) is 17.2 Å². The first-order valence-electron chi connectivity index (χ1n) is 10.9. The van der Waals surface area contributed by atoms with E-state index >= 15 is 0 Å². The molecule has 0 unspecified atom stereocenters. The molecule has 6 nitrogen and oxygen atoms in total. The molecule has 2 N–H and O–H groups in total. The van der Waals surface area contributed by atoms with Gasteiger partial charge >= 0.3 is 0 Å². The van der Waals surface area contributed by atoms with Crippen LogP contribution in [0, 0.1) is 23.2 Å². The van der Waals surface area contributed by atoms with Gasteiger partial charge in [0.05, 0.1) is 24.9 Å². The third-order valence-corrected chi connectivity index (χ3v) is 7.43. The van der Waals surface area contributed by atoms with Crippen LogP contribution in [0.1, 0.15) is 51.4 Å². The zero-order chi connectivity index (χ0) is 21.3. The van der Waals surface area contributed by atoms with E-state index in [0.717, 1.165) is 37.0 Å². The second-order valence-electron chi connectivity index (χ2n) is 9.29. The third-order valence-electron chi connectivity index (χ3n) is 7.13. The minimum Gasteiger partial charge on any atom is -0.495 e. The maximum atomic E-state index is 13.0. The average Bonchev–Trinajstić information content (AvgIpc) is 2.71. The minimum absolute atomic E-state index is 0.135. The molecule has 1 aromatic rings. The largest absolute Gasteiger partial charge is 0.495 e. The highest BCUT2D eigenvalue weighted by atomic mass is 35.5. The summed E-state index contributed by atoms with van der Waals surface area (Å²) in [6.07, 6.45) is 8.06. The van der Waals surface area contributed by atoms with E-state index in [1.165, 1.54) is 33.5 Å². The Morgan fingerprint density at radius 3 is 2.20 bits per heavy atom. The summed E-state index contributed by atoms with van der Waals surface area (Å²) >= 11 is 6.10. The molecule has 7 heteroatoms. The number of halogens is 1. The van der Waals surface area contributed by atoms with Crippen LogP contribution in [0.4, 0.5) is 5.69 Å². The van der Waals surface area contributed by atoms with E-state index in [2.05, 4.69) is 10.6 Å².